The quantitative estimate of drug-likeness (QED) is 0.339. The molecule has 0 bridgehead atoms. The first-order valence-electron chi connectivity index (χ1n) is 9.52. The number of rotatable bonds is 6. The zero-order chi connectivity index (χ0) is 23.1. The van der Waals surface area contributed by atoms with Crippen molar-refractivity contribution in [3.8, 4) is 12.3 Å². The Morgan fingerprint density at radius 3 is 2.44 bits per heavy atom. The lowest BCUT2D eigenvalue weighted by molar-refractivity contribution is 0.102. The topological polar surface area (TPSA) is 86.7 Å². The second-order valence-electron chi connectivity index (χ2n) is 6.89. The van der Waals surface area contributed by atoms with Crippen LogP contribution in [0.2, 0.25) is 5.02 Å². The summed E-state index contributed by atoms with van der Waals surface area (Å²) in [5, 5.41) is 11.6. The highest BCUT2D eigenvalue weighted by molar-refractivity contribution is 6.31. The highest BCUT2D eigenvalue weighted by atomic mass is 35.5. The minimum absolute atomic E-state index is 0.198. The van der Waals surface area contributed by atoms with E-state index in [1.165, 1.54) is 12.3 Å². The van der Waals surface area contributed by atoms with Crippen molar-refractivity contribution in [2.24, 2.45) is 5.10 Å². The summed E-state index contributed by atoms with van der Waals surface area (Å²) in [4.78, 5) is 29.6. The fourth-order valence-corrected chi connectivity index (χ4v) is 2.82. The molecule has 7 nitrogen and oxygen atoms in total. The first kappa shape index (κ1) is 22.5. The lowest BCUT2D eigenvalue weighted by atomic mass is 10.1. The minimum atomic E-state index is -0.473. The zero-order valence-electron chi connectivity index (χ0n) is 17.5. The molecule has 0 unspecified atom stereocenters. The first-order valence-corrected chi connectivity index (χ1v) is 9.90. The van der Waals surface area contributed by atoms with Crippen LogP contribution in [0.3, 0.4) is 0 Å². The highest BCUT2D eigenvalue weighted by Gasteiger charge is 2.16. The molecule has 2 N–H and O–H groups in total. The lowest BCUT2D eigenvalue weighted by Crippen LogP contribution is -2.18. The summed E-state index contributed by atoms with van der Waals surface area (Å²) in [6.45, 7) is 0. The molecule has 0 radical (unpaired) electrons. The number of aromatic nitrogens is 1. The third-order valence-corrected chi connectivity index (χ3v) is 4.49. The molecular weight excluding hydrogens is 426 g/mol. The number of amides is 2. The average molecular weight is 446 g/mol. The van der Waals surface area contributed by atoms with Gasteiger partial charge in [0.15, 0.2) is 0 Å². The van der Waals surface area contributed by atoms with Gasteiger partial charge in [0.1, 0.15) is 5.82 Å². The summed E-state index contributed by atoms with van der Waals surface area (Å²) in [6, 6.07) is 14.8. The molecule has 0 atom stereocenters. The fourth-order valence-electron chi connectivity index (χ4n) is 2.65. The Morgan fingerprint density at radius 1 is 1.06 bits per heavy atom. The van der Waals surface area contributed by atoms with E-state index in [0.717, 1.165) is 5.56 Å². The van der Waals surface area contributed by atoms with E-state index in [-0.39, 0.29) is 11.5 Å². The van der Waals surface area contributed by atoms with Crippen LogP contribution in [0.5, 0.6) is 0 Å². The van der Waals surface area contributed by atoms with Crippen LogP contribution in [0.1, 0.15) is 31.8 Å². The number of nitrogens with one attached hydrogen (secondary N) is 2. The number of carbonyl (C=O) groups is 2. The van der Waals surface area contributed by atoms with E-state index >= 15 is 0 Å². The Labute approximate surface area is 191 Å². The molecule has 0 spiro atoms. The normalized spacial score (nSPS) is 10.4. The van der Waals surface area contributed by atoms with E-state index < -0.39 is 5.91 Å². The van der Waals surface area contributed by atoms with Gasteiger partial charge >= 0.3 is 0 Å². The number of terminal acetylenes is 1. The largest absolute Gasteiger partial charge is 0.321 e. The first-order chi connectivity index (χ1) is 15.4. The average Bonchev–Trinajstić information content (AvgIpc) is 2.79. The van der Waals surface area contributed by atoms with Crippen LogP contribution in [-0.2, 0) is 0 Å². The van der Waals surface area contributed by atoms with E-state index in [2.05, 4.69) is 26.6 Å². The summed E-state index contributed by atoms with van der Waals surface area (Å²) in [7, 11) is 3.64. The maximum absolute atomic E-state index is 12.8. The second kappa shape index (κ2) is 10.2. The van der Waals surface area contributed by atoms with Crippen LogP contribution in [-0.4, -0.2) is 42.1 Å². The monoisotopic (exact) mass is 445 g/mol. The number of benzene rings is 2. The van der Waals surface area contributed by atoms with E-state index in [1.807, 2.05) is 14.1 Å². The predicted molar refractivity (Wildman–Crippen MR) is 127 cm³/mol. The molecule has 3 aromatic rings. The number of halogens is 1. The SMILES string of the molecule is C#Cc1ccc(NC(=O)c2cc(Cl)ccc2NC(=O)c2ccc(C=NN(C)C)cc2)nc1. The number of nitrogens with zero attached hydrogens (tertiary/aromatic N) is 3. The van der Waals surface area contributed by atoms with Crippen molar-refractivity contribution in [2.45, 2.75) is 0 Å². The van der Waals surface area contributed by atoms with Crippen LogP contribution in [0, 0.1) is 12.3 Å². The van der Waals surface area contributed by atoms with Gasteiger partial charge in [-0.1, -0.05) is 29.7 Å². The Hall–Kier alpha value is -4.15. The van der Waals surface area contributed by atoms with Gasteiger partial charge in [0, 0.05) is 36.4 Å². The molecule has 2 amide bonds. The van der Waals surface area contributed by atoms with Gasteiger partial charge in [0.05, 0.1) is 17.5 Å². The maximum Gasteiger partial charge on any atom is 0.258 e. The van der Waals surface area contributed by atoms with Gasteiger partial charge in [-0.15, -0.1) is 6.42 Å². The maximum atomic E-state index is 12.8. The molecule has 0 aliphatic heterocycles. The van der Waals surface area contributed by atoms with E-state index in [4.69, 9.17) is 18.0 Å². The number of hydrazone groups is 1. The molecule has 2 aromatic carbocycles. The lowest BCUT2D eigenvalue weighted by Gasteiger charge is -2.12. The standard InChI is InChI=1S/C24H20ClN5O2/c1-4-16-7-12-22(26-14-16)29-24(32)20-13-19(25)10-11-21(20)28-23(31)18-8-5-17(6-9-18)15-27-30(2)3/h1,5-15H,2-3H3,(H,28,31)(H,26,29,32). The van der Waals surface area contributed by atoms with Crippen molar-refractivity contribution in [1.82, 2.24) is 9.99 Å². The molecular formula is C24H20ClN5O2. The highest BCUT2D eigenvalue weighted by Crippen LogP contribution is 2.23. The van der Waals surface area contributed by atoms with Gasteiger partial charge < -0.3 is 15.6 Å². The van der Waals surface area contributed by atoms with Gasteiger partial charge in [-0.25, -0.2) is 4.98 Å². The van der Waals surface area contributed by atoms with E-state index in [1.54, 1.807) is 59.8 Å². The van der Waals surface area contributed by atoms with Gasteiger partial charge in [-0.05, 0) is 48.0 Å². The smallest absolute Gasteiger partial charge is 0.258 e. The molecule has 32 heavy (non-hydrogen) atoms. The number of carbonyl (C=O) groups excluding carboxylic acids is 2. The van der Waals surface area contributed by atoms with Gasteiger partial charge in [-0.3, -0.25) is 9.59 Å². The molecule has 0 saturated heterocycles. The van der Waals surface area contributed by atoms with E-state index in [0.29, 0.717) is 27.7 Å². The number of anilines is 2. The molecule has 1 aromatic heterocycles. The Kier molecular flexibility index (Phi) is 7.21. The summed E-state index contributed by atoms with van der Waals surface area (Å²) in [5.74, 6) is 1.94. The van der Waals surface area contributed by atoms with Crippen LogP contribution < -0.4 is 10.6 Å². The predicted octanol–water partition coefficient (Wildman–Crippen LogP) is 4.12. The molecule has 8 heteroatoms. The molecule has 160 valence electrons. The van der Waals surface area contributed by atoms with Gasteiger partial charge in [0.2, 0.25) is 0 Å². The number of hydrogen-bond acceptors (Lipinski definition) is 5. The molecule has 0 fully saturated rings. The van der Waals surface area contributed by atoms with Crippen LogP contribution in [0.4, 0.5) is 11.5 Å². The molecule has 3 rings (SSSR count). The van der Waals surface area contributed by atoms with E-state index in [9.17, 15) is 9.59 Å². The molecule has 1 heterocycles. The van der Waals surface area contributed by atoms with Gasteiger partial charge in [-0.2, -0.15) is 5.10 Å². The summed E-state index contributed by atoms with van der Waals surface area (Å²) >= 11 is 6.08. The zero-order valence-corrected chi connectivity index (χ0v) is 18.2. The van der Waals surface area contributed by atoms with Crippen molar-refractivity contribution in [3.63, 3.8) is 0 Å². The molecule has 0 saturated carbocycles. The van der Waals surface area contributed by atoms with Crippen molar-refractivity contribution in [3.05, 3.63) is 88.1 Å². The summed E-state index contributed by atoms with van der Waals surface area (Å²) in [6.07, 6.45) is 8.48. The Bertz CT molecular complexity index is 1200. The summed E-state index contributed by atoms with van der Waals surface area (Å²) in [5.41, 5.74) is 2.39. The number of hydrogen-bond donors (Lipinski definition) is 2. The van der Waals surface area contributed by atoms with Crippen LogP contribution in [0.25, 0.3) is 0 Å². The van der Waals surface area contributed by atoms with Crippen molar-refractivity contribution in [1.29, 1.82) is 0 Å². The number of pyridine rings is 1. The van der Waals surface area contributed by atoms with Crippen LogP contribution in [0.15, 0.2) is 65.9 Å². The Balaban J connectivity index is 1.77. The molecule has 0 aliphatic rings. The van der Waals surface area contributed by atoms with Crippen molar-refractivity contribution in [2.75, 3.05) is 24.7 Å². The van der Waals surface area contributed by atoms with Crippen molar-refractivity contribution < 1.29 is 9.59 Å². The fraction of sp³-hybridized carbons (Fsp3) is 0.0833. The third-order valence-electron chi connectivity index (χ3n) is 4.26. The summed E-state index contributed by atoms with van der Waals surface area (Å²) < 4.78 is 0. The third kappa shape index (κ3) is 5.94. The minimum Gasteiger partial charge on any atom is -0.321 e. The van der Waals surface area contributed by atoms with Gasteiger partial charge in [0.25, 0.3) is 11.8 Å². The van der Waals surface area contributed by atoms with Crippen LogP contribution >= 0.6 is 11.6 Å². The molecule has 0 aliphatic carbocycles. The van der Waals surface area contributed by atoms with Crippen molar-refractivity contribution >= 4 is 41.1 Å². The Morgan fingerprint density at radius 2 is 1.81 bits per heavy atom. The second-order valence-corrected chi connectivity index (χ2v) is 7.32.